The van der Waals surface area contributed by atoms with Crippen molar-refractivity contribution >= 4 is 21.2 Å². The van der Waals surface area contributed by atoms with E-state index in [1.165, 1.54) is 0 Å². The minimum Gasteiger partial charge on any atom is -0.292 e. The van der Waals surface area contributed by atoms with Crippen LogP contribution >= 0.6 is 0 Å². The predicted octanol–water partition coefficient (Wildman–Crippen LogP) is 2.62. The van der Waals surface area contributed by atoms with Gasteiger partial charge < -0.3 is 0 Å². The number of carbonyl (C=O) groups excluding carboxylic acids is 1. The Morgan fingerprint density at radius 1 is 1.16 bits per heavy atom. The van der Waals surface area contributed by atoms with Crippen LogP contribution < -0.4 is 5.19 Å². The molecule has 1 nitrogen and oxygen atoms in total. The summed E-state index contributed by atoms with van der Waals surface area (Å²) in [4.78, 5) is 12.9. The normalized spacial score (nSPS) is 27.5. The Labute approximate surface area is 119 Å². The first kappa shape index (κ1) is 14.1. The van der Waals surface area contributed by atoms with Crippen molar-refractivity contribution in [3.05, 3.63) is 29.3 Å². The van der Waals surface area contributed by atoms with E-state index in [9.17, 15) is 4.79 Å². The molecule has 0 saturated heterocycles. The number of terminal acetylenes is 1. The van der Waals surface area contributed by atoms with Crippen molar-refractivity contribution < 1.29 is 4.79 Å². The highest BCUT2D eigenvalue weighted by atomic mass is 28.1. The molecule has 0 aliphatic heterocycles. The summed E-state index contributed by atoms with van der Waals surface area (Å²) in [5, 5.41) is 0.905. The molecule has 2 rings (SSSR count). The molecule has 1 aliphatic carbocycles. The van der Waals surface area contributed by atoms with E-state index in [1.54, 1.807) is 0 Å². The highest BCUT2D eigenvalue weighted by molar-refractivity contribution is 6.33. The number of hydrogen-bond acceptors (Lipinski definition) is 1. The first-order chi connectivity index (χ1) is 8.59. The van der Waals surface area contributed by atoms with Gasteiger partial charge in [0.1, 0.15) is 0 Å². The molecular weight excluding hydrogens is 248 g/mol. The van der Waals surface area contributed by atoms with Crippen molar-refractivity contribution in [1.29, 1.82) is 0 Å². The molecule has 97 valence electrons. The van der Waals surface area contributed by atoms with Gasteiger partial charge >= 0.3 is 0 Å². The molecule has 0 amide bonds. The summed E-state index contributed by atoms with van der Waals surface area (Å²) in [6, 6.07) is 5.91. The minimum absolute atomic E-state index is 0.0504. The van der Waals surface area contributed by atoms with Crippen molar-refractivity contribution in [2.24, 2.45) is 10.8 Å². The second-order valence-electron chi connectivity index (χ2n) is 6.61. The highest BCUT2D eigenvalue weighted by Crippen LogP contribution is 2.57. The predicted molar refractivity (Wildman–Crippen MR) is 79.9 cm³/mol. The lowest BCUT2D eigenvalue weighted by atomic mass is 9.46. The average Bonchev–Trinajstić information content (AvgIpc) is 2.34. The Morgan fingerprint density at radius 3 is 2.26 bits per heavy atom. The minimum atomic E-state index is -0.788. The fraction of sp³-hybridized carbons (Fsp3) is 0.471. The molecule has 0 saturated carbocycles. The van der Waals surface area contributed by atoms with Gasteiger partial charge in [-0.25, -0.2) is 0 Å². The smallest absolute Gasteiger partial charge is 0.181 e. The Hall–Kier alpha value is -1.33. The van der Waals surface area contributed by atoms with Crippen LogP contribution in [0.3, 0.4) is 0 Å². The zero-order chi connectivity index (χ0) is 14.6. The van der Waals surface area contributed by atoms with Crippen LogP contribution in [0, 0.1) is 23.2 Å². The molecule has 1 unspecified atom stereocenters. The van der Waals surface area contributed by atoms with Crippen molar-refractivity contribution in [1.82, 2.24) is 0 Å². The maximum atomic E-state index is 12.9. The third-order valence-electron chi connectivity index (χ3n) is 5.49. The largest absolute Gasteiger partial charge is 0.292 e. The molecule has 0 spiro atoms. The SMILES string of the molecule is C#CC1(C)C(=O)c2cc([Si])ccc2C(C)(C)C1(C)C. The molecule has 19 heavy (non-hydrogen) atoms. The van der Waals surface area contributed by atoms with Gasteiger partial charge in [-0.3, -0.25) is 4.79 Å². The molecule has 1 aromatic carbocycles. The van der Waals surface area contributed by atoms with Crippen LogP contribution in [-0.2, 0) is 5.41 Å². The summed E-state index contributed by atoms with van der Waals surface area (Å²) in [5.74, 6) is 2.82. The van der Waals surface area contributed by atoms with Crippen LogP contribution in [-0.4, -0.2) is 16.0 Å². The Bertz CT molecular complexity index is 604. The second-order valence-corrected chi connectivity index (χ2v) is 7.19. The van der Waals surface area contributed by atoms with Crippen molar-refractivity contribution in [3.8, 4) is 12.3 Å². The van der Waals surface area contributed by atoms with E-state index in [2.05, 4.69) is 43.9 Å². The third kappa shape index (κ3) is 1.51. The lowest BCUT2D eigenvalue weighted by molar-refractivity contribution is 0.0361. The summed E-state index contributed by atoms with van der Waals surface area (Å²) < 4.78 is 0. The van der Waals surface area contributed by atoms with E-state index >= 15 is 0 Å². The molecule has 1 aromatic rings. The molecule has 0 heterocycles. The number of carbonyl (C=O) groups is 1. The molecule has 0 fully saturated rings. The van der Waals surface area contributed by atoms with Crippen LogP contribution in [0.5, 0.6) is 0 Å². The third-order valence-corrected chi connectivity index (χ3v) is 5.80. The summed E-state index contributed by atoms with van der Waals surface area (Å²) in [7, 11) is 3.49. The maximum Gasteiger partial charge on any atom is 0.181 e. The van der Waals surface area contributed by atoms with Gasteiger partial charge in [0.05, 0.1) is 15.7 Å². The highest BCUT2D eigenvalue weighted by Gasteiger charge is 2.59. The summed E-state index contributed by atoms with van der Waals surface area (Å²) >= 11 is 0. The fourth-order valence-electron chi connectivity index (χ4n) is 3.04. The van der Waals surface area contributed by atoms with Crippen molar-refractivity contribution in [3.63, 3.8) is 0 Å². The van der Waals surface area contributed by atoms with Crippen LogP contribution in [0.1, 0.15) is 50.5 Å². The van der Waals surface area contributed by atoms with E-state index in [-0.39, 0.29) is 16.6 Å². The zero-order valence-electron chi connectivity index (χ0n) is 12.2. The van der Waals surface area contributed by atoms with Crippen LogP contribution in [0.15, 0.2) is 18.2 Å². The summed E-state index contributed by atoms with van der Waals surface area (Å²) in [6.07, 6.45) is 5.74. The zero-order valence-corrected chi connectivity index (χ0v) is 13.2. The van der Waals surface area contributed by atoms with Gasteiger partial charge in [0.25, 0.3) is 0 Å². The van der Waals surface area contributed by atoms with E-state index in [0.29, 0.717) is 0 Å². The molecular formula is C17H19OSi. The summed E-state index contributed by atoms with van der Waals surface area (Å²) in [6.45, 7) is 10.4. The van der Waals surface area contributed by atoms with E-state index in [0.717, 1.165) is 16.3 Å². The molecule has 0 N–H and O–H groups in total. The van der Waals surface area contributed by atoms with Crippen molar-refractivity contribution in [2.45, 2.75) is 40.0 Å². The van der Waals surface area contributed by atoms with Crippen LogP contribution in [0.4, 0.5) is 0 Å². The van der Waals surface area contributed by atoms with E-state index < -0.39 is 5.41 Å². The number of Topliss-reactive ketones (excluding diaryl/α,β-unsaturated/α-hetero) is 1. The number of ketones is 1. The molecule has 2 heteroatoms. The Kier molecular flexibility index (Phi) is 2.84. The van der Waals surface area contributed by atoms with E-state index in [1.807, 2.05) is 25.1 Å². The number of rotatable bonds is 0. The number of benzene rings is 1. The fourth-order valence-corrected chi connectivity index (χ4v) is 3.27. The van der Waals surface area contributed by atoms with Gasteiger partial charge in [-0.15, -0.1) is 6.42 Å². The Balaban J connectivity index is 2.87. The lowest BCUT2D eigenvalue weighted by Gasteiger charge is -2.54. The molecule has 1 atom stereocenters. The molecule has 1 aliphatic rings. The van der Waals surface area contributed by atoms with Gasteiger partial charge in [0, 0.05) is 5.56 Å². The standard InChI is InChI=1S/C17H19OSi/c1-7-17(6)14(18)12-10-11(19)8-9-13(12)15(2,3)16(17,4)5/h1,8-10H,2-6H3. The second kappa shape index (κ2) is 3.83. The quantitative estimate of drug-likeness (QED) is 0.522. The topological polar surface area (TPSA) is 17.1 Å². The average molecular weight is 267 g/mol. The Morgan fingerprint density at radius 2 is 1.74 bits per heavy atom. The molecule has 3 radical (unpaired) electrons. The van der Waals surface area contributed by atoms with Gasteiger partial charge in [0.2, 0.25) is 0 Å². The number of hydrogen-bond donors (Lipinski definition) is 0. The van der Waals surface area contributed by atoms with Gasteiger partial charge in [-0.1, -0.05) is 57.0 Å². The van der Waals surface area contributed by atoms with E-state index in [4.69, 9.17) is 6.42 Å². The molecule has 0 bridgehead atoms. The maximum absolute atomic E-state index is 12.9. The molecule has 0 aromatic heterocycles. The van der Waals surface area contributed by atoms with Crippen LogP contribution in [0.2, 0.25) is 0 Å². The number of fused-ring (bicyclic) bond motifs is 1. The van der Waals surface area contributed by atoms with Gasteiger partial charge in [-0.2, -0.15) is 0 Å². The first-order valence-electron chi connectivity index (χ1n) is 6.48. The van der Waals surface area contributed by atoms with Crippen molar-refractivity contribution in [2.75, 3.05) is 0 Å². The van der Waals surface area contributed by atoms with Gasteiger partial charge in [-0.05, 0) is 23.3 Å². The van der Waals surface area contributed by atoms with Gasteiger partial charge in [0.15, 0.2) is 5.78 Å². The lowest BCUT2D eigenvalue weighted by Crippen LogP contribution is -2.56. The summed E-state index contributed by atoms with van der Waals surface area (Å²) in [5.41, 5.74) is 0.557. The first-order valence-corrected chi connectivity index (χ1v) is 6.98. The van der Waals surface area contributed by atoms with Crippen LogP contribution in [0.25, 0.3) is 0 Å². The monoisotopic (exact) mass is 267 g/mol.